The highest BCUT2D eigenvalue weighted by Gasteiger charge is 2.32. The number of benzene rings is 2. The van der Waals surface area contributed by atoms with E-state index in [9.17, 15) is 15.3 Å². The molecule has 146 valence electrons. The smallest absolute Gasteiger partial charge is 0.274 e. The Morgan fingerprint density at radius 3 is 2.10 bits per heavy atom. The van der Waals surface area contributed by atoms with Crippen LogP contribution in [0.2, 0.25) is 0 Å². The summed E-state index contributed by atoms with van der Waals surface area (Å²) in [7, 11) is 0. The second kappa shape index (κ2) is 7.51. The minimum absolute atomic E-state index is 0.0851. The fourth-order valence-electron chi connectivity index (χ4n) is 3.56. The molecule has 0 amide bonds. The Labute approximate surface area is 177 Å². The lowest BCUT2D eigenvalue weighted by atomic mass is 9.84. The molecule has 1 aromatic heterocycles. The molecule has 0 aliphatic carbocycles. The summed E-state index contributed by atoms with van der Waals surface area (Å²) in [5, 5.41) is 19.8. The van der Waals surface area contributed by atoms with E-state index in [0.717, 1.165) is 22.3 Å². The van der Waals surface area contributed by atoms with Crippen molar-refractivity contribution in [3.8, 4) is 12.1 Å². The molecular formula is C24H18N4OS. The van der Waals surface area contributed by atoms with Crippen LogP contribution < -0.4 is 20.5 Å². The van der Waals surface area contributed by atoms with Crippen LogP contribution in [0.1, 0.15) is 28.2 Å². The van der Waals surface area contributed by atoms with Crippen LogP contribution in [-0.4, -0.2) is 4.57 Å². The van der Waals surface area contributed by atoms with E-state index in [1.54, 1.807) is 6.08 Å². The third-order valence-corrected chi connectivity index (χ3v) is 6.28. The number of nitrogens with zero attached hydrogens (tertiary/aromatic N) is 3. The minimum atomic E-state index is -0.592. The summed E-state index contributed by atoms with van der Waals surface area (Å²) in [4.78, 5) is 13.1. The van der Waals surface area contributed by atoms with E-state index < -0.39 is 5.92 Å². The number of allylic oxidation sites excluding steroid dienone is 1. The molecule has 0 unspecified atom stereocenters. The predicted octanol–water partition coefficient (Wildman–Crippen LogP) is 2.48. The van der Waals surface area contributed by atoms with E-state index >= 15 is 0 Å². The molecule has 0 saturated carbocycles. The van der Waals surface area contributed by atoms with Gasteiger partial charge in [-0.05, 0) is 31.1 Å². The molecule has 0 radical (unpaired) electrons. The van der Waals surface area contributed by atoms with Crippen LogP contribution in [-0.2, 0) is 0 Å². The topological polar surface area (TPSA) is 95.6 Å². The van der Waals surface area contributed by atoms with Gasteiger partial charge >= 0.3 is 0 Å². The molecule has 0 spiro atoms. The first kappa shape index (κ1) is 19.4. The summed E-state index contributed by atoms with van der Waals surface area (Å²) in [6.45, 7) is 3.97. The average molecular weight is 411 g/mol. The van der Waals surface area contributed by atoms with E-state index in [1.165, 1.54) is 15.9 Å². The molecule has 1 aliphatic rings. The van der Waals surface area contributed by atoms with Crippen LogP contribution in [0.4, 0.5) is 0 Å². The summed E-state index contributed by atoms with van der Waals surface area (Å²) >= 11 is 1.22. The van der Waals surface area contributed by atoms with Gasteiger partial charge in [0.05, 0.1) is 33.7 Å². The number of hydrogen-bond donors (Lipinski definition) is 1. The zero-order chi connectivity index (χ0) is 21.4. The van der Waals surface area contributed by atoms with Gasteiger partial charge in [-0.25, -0.2) is 0 Å². The standard InChI is InChI=1S/C24H18N4OS/c1-14-3-7-16(8-4-14)11-20-23(29)28-22(27)18(12-25)21(19(13-26)24(28)30-20)17-9-5-15(2)6-10-17/h3-11,21H,27H2,1-2H3/b20-11-/t21-/m0/s1. The lowest BCUT2D eigenvalue weighted by Crippen LogP contribution is -2.38. The number of aromatic nitrogens is 1. The van der Waals surface area contributed by atoms with E-state index in [2.05, 4.69) is 12.1 Å². The van der Waals surface area contributed by atoms with Crippen molar-refractivity contribution in [1.29, 1.82) is 10.5 Å². The Morgan fingerprint density at radius 1 is 0.967 bits per heavy atom. The maximum Gasteiger partial charge on any atom is 0.274 e. The number of thiazole rings is 1. The molecule has 2 aromatic carbocycles. The van der Waals surface area contributed by atoms with Crippen LogP contribution in [0.3, 0.4) is 0 Å². The van der Waals surface area contributed by atoms with Gasteiger partial charge in [-0.1, -0.05) is 59.7 Å². The van der Waals surface area contributed by atoms with Crippen molar-refractivity contribution < 1.29 is 0 Å². The molecular weight excluding hydrogens is 392 g/mol. The SMILES string of the molecule is Cc1ccc(/C=c2\sc3n(c2=O)C(N)=C(C#N)[C@H](c2ccc(C)cc2)C=3C#N)cc1. The summed E-state index contributed by atoms with van der Waals surface area (Å²) in [6, 6.07) is 19.8. The third kappa shape index (κ3) is 3.14. The van der Waals surface area contributed by atoms with Crippen LogP contribution in [0.25, 0.3) is 17.5 Å². The lowest BCUT2D eigenvalue weighted by Gasteiger charge is -2.22. The third-order valence-electron chi connectivity index (χ3n) is 5.17. The zero-order valence-corrected chi connectivity index (χ0v) is 17.3. The zero-order valence-electron chi connectivity index (χ0n) is 16.5. The number of nitriles is 2. The molecule has 30 heavy (non-hydrogen) atoms. The second-order valence-corrected chi connectivity index (χ2v) is 8.28. The van der Waals surface area contributed by atoms with Gasteiger partial charge in [-0.3, -0.25) is 9.36 Å². The van der Waals surface area contributed by atoms with Gasteiger partial charge in [0.15, 0.2) is 0 Å². The number of nitrogens with two attached hydrogens (primary N) is 1. The second-order valence-electron chi connectivity index (χ2n) is 7.25. The molecule has 5 nitrogen and oxygen atoms in total. The molecule has 0 saturated heterocycles. The van der Waals surface area contributed by atoms with Crippen LogP contribution in [0.15, 0.2) is 58.9 Å². The highest BCUT2D eigenvalue weighted by atomic mass is 32.1. The van der Waals surface area contributed by atoms with Crippen LogP contribution in [0, 0.1) is 36.5 Å². The van der Waals surface area contributed by atoms with Crippen molar-refractivity contribution >= 4 is 28.8 Å². The van der Waals surface area contributed by atoms with Crippen LogP contribution >= 0.6 is 11.3 Å². The number of aryl methyl sites for hydroxylation is 2. The molecule has 1 atom stereocenters. The number of fused-ring (bicyclic) bond motifs is 1. The molecule has 0 bridgehead atoms. The molecule has 0 fully saturated rings. The highest BCUT2D eigenvalue weighted by Crippen LogP contribution is 2.35. The summed E-state index contributed by atoms with van der Waals surface area (Å²) in [6.07, 6.45) is 1.78. The Bertz CT molecular complexity index is 1440. The van der Waals surface area contributed by atoms with Gasteiger partial charge in [0, 0.05) is 0 Å². The maximum atomic E-state index is 13.1. The van der Waals surface area contributed by atoms with Crippen molar-refractivity contribution in [2.45, 2.75) is 19.8 Å². The Hall–Kier alpha value is -3.87. The Morgan fingerprint density at radius 2 is 1.53 bits per heavy atom. The summed E-state index contributed by atoms with van der Waals surface area (Å²) in [5.74, 6) is -0.507. The molecule has 6 heteroatoms. The van der Waals surface area contributed by atoms with E-state index in [0.29, 0.717) is 14.8 Å². The van der Waals surface area contributed by atoms with Gasteiger partial charge in [0.2, 0.25) is 0 Å². The van der Waals surface area contributed by atoms with Crippen molar-refractivity contribution in [1.82, 2.24) is 4.57 Å². The van der Waals surface area contributed by atoms with E-state index in [-0.39, 0.29) is 17.0 Å². The summed E-state index contributed by atoms with van der Waals surface area (Å²) < 4.78 is 2.24. The molecule has 2 heterocycles. The highest BCUT2D eigenvalue weighted by molar-refractivity contribution is 7.07. The van der Waals surface area contributed by atoms with Crippen LogP contribution in [0.5, 0.6) is 0 Å². The van der Waals surface area contributed by atoms with Crippen molar-refractivity contribution in [2.24, 2.45) is 5.73 Å². The quantitative estimate of drug-likeness (QED) is 0.702. The fraction of sp³-hybridized carbons (Fsp3) is 0.125. The first-order valence-electron chi connectivity index (χ1n) is 9.36. The minimum Gasteiger partial charge on any atom is -0.384 e. The van der Waals surface area contributed by atoms with E-state index in [4.69, 9.17) is 5.73 Å². The first-order valence-corrected chi connectivity index (χ1v) is 10.2. The Balaban J connectivity index is 2.04. The predicted molar refractivity (Wildman–Crippen MR) is 119 cm³/mol. The van der Waals surface area contributed by atoms with Crippen molar-refractivity contribution in [3.63, 3.8) is 0 Å². The molecule has 2 N–H and O–H groups in total. The van der Waals surface area contributed by atoms with Gasteiger partial charge in [-0.15, -0.1) is 11.3 Å². The number of rotatable bonds is 2. The normalized spacial score (nSPS) is 16.2. The Kier molecular flexibility index (Phi) is 4.87. The molecule has 3 aromatic rings. The lowest BCUT2D eigenvalue weighted by molar-refractivity contribution is 0.906. The average Bonchev–Trinajstić information content (AvgIpc) is 3.06. The van der Waals surface area contributed by atoms with Crippen molar-refractivity contribution in [2.75, 3.05) is 0 Å². The largest absolute Gasteiger partial charge is 0.384 e. The maximum absolute atomic E-state index is 13.1. The number of hydrogen-bond acceptors (Lipinski definition) is 5. The van der Waals surface area contributed by atoms with Gasteiger partial charge in [0.1, 0.15) is 10.5 Å². The van der Waals surface area contributed by atoms with Crippen molar-refractivity contribution in [3.05, 3.63) is 95.9 Å². The molecule has 4 rings (SSSR count). The first-order chi connectivity index (χ1) is 14.4. The molecule has 1 aliphatic heterocycles. The monoisotopic (exact) mass is 410 g/mol. The van der Waals surface area contributed by atoms with E-state index in [1.807, 2.05) is 62.4 Å². The van der Waals surface area contributed by atoms with Gasteiger partial charge in [-0.2, -0.15) is 10.5 Å². The van der Waals surface area contributed by atoms with Gasteiger partial charge < -0.3 is 5.73 Å². The summed E-state index contributed by atoms with van der Waals surface area (Å²) in [5.41, 5.74) is 10.4. The van der Waals surface area contributed by atoms with Gasteiger partial charge in [0.25, 0.3) is 5.56 Å². The fourth-order valence-corrected chi connectivity index (χ4v) is 4.69.